The van der Waals surface area contributed by atoms with Crippen molar-refractivity contribution in [2.24, 2.45) is 0 Å². The smallest absolute Gasteiger partial charge is 0.135 e. The van der Waals surface area contributed by atoms with Crippen molar-refractivity contribution in [2.45, 2.75) is 0 Å². The fourth-order valence-electron chi connectivity index (χ4n) is 0.947. The van der Waals surface area contributed by atoms with Crippen molar-refractivity contribution in [3.63, 3.8) is 0 Å². The molecule has 1 aromatic heterocycles. The lowest BCUT2D eigenvalue weighted by atomic mass is 10.2. The molecule has 0 N–H and O–H groups in total. The van der Waals surface area contributed by atoms with Crippen LogP contribution in [0.5, 0.6) is 0 Å². The van der Waals surface area contributed by atoms with Crippen molar-refractivity contribution in [3.05, 3.63) is 35.6 Å². The van der Waals surface area contributed by atoms with Crippen LogP contribution >= 0.6 is 11.6 Å². The third kappa shape index (κ3) is 1.78. The van der Waals surface area contributed by atoms with E-state index in [4.69, 9.17) is 11.6 Å². The van der Waals surface area contributed by atoms with Gasteiger partial charge in [-0.05, 0) is 12.1 Å². The molecule has 0 unspecified atom stereocenters. The summed E-state index contributed by atoms with van der Waals surface area (Å²) in [5.41, 5.74) is 0.813. The fraction of sp³-hybridized carbons (Fsp3) is 0. The molecule has 0 amide bonds. The molecule has 0 aliphatic rings. The van der Waals surface area contributed by atoms with Crippen LogP contribution in [0, 0.1) is 0 Å². The van der Waals surface area contributed by atoms with Crippen molar-refractivity contribution in [3.8, 4) is 11.4 Å². The standard InChI is InChI=1S/C8H5ClN4/c9-7-3-1-2-6(4-7)8-12-10-5-11-13-8/h1-5H. The van der Waals surface area contributed by atoms with Crippen molar-refractivity contribution >= 4 is 11.6 Å². The number of nitrogens with zero attached hydrogens (tertiary/aromatic N) is 4. The van der Waals surface area contributed by atoms with Crippen molar-refractivity contribution in [1.82, 2.24) is 20.4 Å². The zero-order valence-electron chi connectivity index (χ0n) is 6.55. The van der Waals surface area contributed by atoms with E-state index in [1.54, 1.807) is 12.1 Å². The topological polar surface area (TPSA) is 51.6 Å². The number of hydrogen-bond acceptors (Lipinski definition) is 4. The van der Waals surface area contributed by atoms with Gasteiger partial charge in [-0.2, -0.15) is 0 Å². The van der Waals surface area contributed by atoms with Crippen LogP contribution < -0.4 is 0 Å². The molecule has 0 saturated heterocycles. The molecule has 13 heavy (non-hydrogen) atoms. The summed E-state index contributed by atoms with van der Waals surface area (Å²) >= 11 is 5.80. The van der Waals surface area contributed by atoms with Crippen molar-refractivity contribution < 1.29 is 0 Å². The minimum atomic E-state index is 0.477. The van der Waals surface area contributed by atoms with Gasteiger partial charge < -0.3 is 0 Å². The van der Waals surface area contributed by atoms with E-state index in [1.165, 1.54) is 6.33 Å². The van der Waals surface area contributed by atoms with E-state index in [-0.39, 0.29) is 0 Å². The predicted octanol–water partition coefficient (Wildman–Crippen LogP) is 1.59. The molecule has 0 bridgehead atoms. The first-order chi connectivity index (χ1) is 6.36. The number of halogens is 1. The second-order valence-corrected chi connectivity index (χ2v) is 2.82. The van der Waals surface area contributed by atoms with Crippen LogP contribution in [0.3, 0.4) is 0 Å². The average Bonchev–Trinajstić information content (AvgIpc) is 2.19. The highest BCUT2D eigenvalue weighted by atomic mass is 35.5. The maximum absolute atomic E-state index is 5.80. The van der Waals surface area contributed by atoms with Gasteiger partial charge in [0.15, 0.2) is 6.33 Å². The van der Waals surface area contributed by atoms with E-state index in [9.17, 15) is 0 Å². The van der Waals surface area contributed by atoms with Crippen molar-refractivity contribution in [1.29, 1.82) is 0 Å². The molecule has 1 heterocycles. The van der Waals surface area contributed by atoms with Crippen molar-refractivity contribution in [2.75, 3.05) is 0 Å². The zero-order chi connectivity index (χ0) is 9.10. The third-order valence-corrected chi connectivity index (χ3v) is 1.73. The maximum Gasteiger partial charge on any atom is 0.203 e. The lowest BCUT2D eigenvalue weighted by Crippen LogP contribution is -1.93. The van der Waals surface area contributed by atoms with E-state index in [0.717, 1.165) is 5.56 Å². The van der Waals surface area contributed by atoms with E-state index >= 15 is 0 Å². The molecule has 0 radical (unpaired) electrons. The summed E-state index contributed by atoms with van der Waals surface area (Å²) in [6.07, 6.45) is 1.29. The molecule has 64 valence electrons. The van der Waals surface area contributed by atoms with Gasteiger partial charge in [0.1, 0.15) is 0 Å². The van der Waals surface area contributed by atoms with Gasteiger partial charge in [-0.15, -0.1) is 20.4 Å². The lowest BCUT2D eigenvalue weighted by Gasteiger charge is -1.96. The zero-order valence-corrected chi connectivity index (χ0v) is 7.31. The molecule has 0 atom stereocenters. The normalized spacial score (nSPS) is 9.92. The summed E-state index contributed by atoms with van der Waals surface area (Å²) in [7, 11) is 0. The summed E-state index contributed by atoms with van der Waals surface area (Å²) in [4.78, 5) is 0. The van der Waals surface area contributed by atoms with E-state index < -0.39 is 0 Å². The molecule has 1 aromatic carbocycles. The summed E-state index contributed by atoms with van der Waals surface area (Å²) in [6, 6.07) is 7.23. The molecule has 4 nitrogen and oxygen atoms in total. The van der Waals surface area contributed by atoms with Gasteiger partial charge in [-0.1, -0.05) is 23.7 Å². The molecule has 0 aliphatic heterocycles. The van der Waals surface area contributed by atoms with Gasteiger partial charge in [0.05, 0.1) is 0 Å². The Balaban J connectivity index is 2.48. The molecular formula is C8H5ClN4. The fourth-order valence-corrected chi connectivity index (χ4v) is 1.14. The summed E-state index contributed by atoms with van der Waals surface area (Å²) in [5.74, 6) is 0.477. The van der Waals surface area contributed by atoms with Crippen LogP contribution in [0.25, 0.3) is 11.4 Å². The van der Waals surface area contributed by atoms with Crippen LogP contribution in [-0.4, -0.2) is 20.4 Å². The molecule has 2 rings (SSSR count). The maximum atomic E-state index is 5.80. The summed E-state index contributed by atoms with van der Waals surface area (Å²) in [6.45, 7) is 0. The third-order valence-electron chi connectivity index (χ3n) is 1.49. The number of hydrogen-bond donors (Lipinski definition) is 0. The number of rotatable bonds is 1. The Morgan fingerprint density at radius 2 is 1.85 bits per heavy atom. The minimum absolute atomic E-state index is 0.477. The average molecular weight is 193 g/mol. The first-order valence-electron chi connectivity index (χ1n) is 3.62. The van der Waals surface area contributed by atoms with E-state index in [0.29, 0.717) is 10.8 Å². The van der Waals surface area contributed by atoms with Gasteiger partial charge in [-0.25, -0.2) is 0 Å². The second-order valence-electron chi connectivity index (χ2n) is 2.38. The van der Waals surface area contributed by atoms with E-state index in [1.807, 2.05) is 12.1 Å². The van der Waals surface area contributed by atoms with Gasteiger partial charge >= 0.3 is 0 Å². The van der Waals surface area contributed by atoms with Gasteiger partial charge in [-0.3, -0.25) is 0 Å². The van der Waals surface area contributed by atoms with Crippen LogP contribution in [0.2, 0.25) is 5.02 Å². The molecular weight excluding hydrogens is 188 g/mol. The van der Waals surface area contributed by atoms with Gasteiger partial charge in [0.25, 0.3) is 0 Å². The lowest BCUT2D eigenvalue weighted by molar-refractivity contribution is 0.864. The largest absolute Gasteiger partial charge is 0.203 e. The Kier molecular flexibility index (Phi) is 2.14. The molecule has 0 spiro atoms. The van der Waals surface area contributed by atoms with Crippen LogP contribution in [0.4, 0.5) is 0 Å². The Morgan fingerprint density at radius 1 is 1.08 bits per heavy atom. The summed E-state index contributed by atoms with van der Waals surface area (Å²) in [5, 5.41) is 15.5. The second kappa shape index (κ2) is 3.45. The highest BCUT2D eigenvalue weighted by Gasteiger charge is 2.00. The number of aromatic nitrogens is 4. The van der Waals surface area contributed by atoms with Crippen LogP contribution in [0.1, 0.15) is 0 Å². The SMILES string of the molecule is Clc1cccc(-c2nncnn2)c1. The monoisotopic (exact) mass is 192 g/mol. The van der Waals surface area contributed by atoms with E-state index in [2.05, 4.69) is 20.4 Å². The molecule has 0 fully saturated rings. The molecule has 0 saturated carbocycles. The Hall–Kier alpha value is -1.55. The first-order valence-corrected chi connectivity index (χ1v) is 4.00. The van der Waals surface area contributed by atoms with Crippen LogP contribution in [-0.2, 0) is 0 Å². The molecule has 2 aromatic rings. The van der Waals surface area contributed by atoms with Crippen LogP contribution in [0.15, 0.2) is 30.6 Å². The number of benzene rings is 1. The quantitative estimate of drug-likeness (QED) is 0.689. The Bertz CT molecular complexity index is 404. The first kappa shape index (κ1) is 8.07. The molecule has 5 heteroatoms. The Labute approximate surface area is 79.6 Å². The van der Waals surface area contributed by atoms with Gasteiger partial charge in [0.2, 0.25) is 5.82 Å². The predicted molar refractivity (Wildman–Crippen MR) is 48.1 cm³/mol. The minimum Gasteiger partial charge on any atom is -0.135 e. The Morgan fingerprint density at radius 3 is 2.54 bits per heavy atom. The summed E-state index contributed by atoms with van der Waals surface area (Å²) < 4.78 is 0. The van der Waals surface area contributed by atoms with Gasteiger partial charge in [0, 0.05) is 10.6 Å². The molecule has 0 aliphatic carbocycles. The highest BCUT2D eigenvalue weighted by Crippen LogP contribution is 2.17. The highest BCUT2D eigenvalue weighted by molar-refractivity contribution is 6.30.